The Balaban J connectivity index is 2.95. The van der Waals surface area contributed by atoms with Crippen molar-refractivity contribution in [1.29, 1.82) is 0 Å². The number of aryl methyl sites for hydroxylation is 1. The molecule has 0 fully saturated rings. The SMILES string of the molecule is Cc1cccc2cscc12. The Morgan fingerprint density at radius 1 is 1.20 bits per heavy atom. The molecule has 0 radical (unpaired) electrons. The molecule has 10 heavy (non-hydrogen) atoms. The first-order valence-corrected chi connectivity index (χ1v) is 4.24. The lowest BCUT2D eigenvalue weighted by atomic mass is 10.1. The van der Waals surface area contributed by atoms with Crippen molar-refractivity contribution < 1.29 is 0 Å². The monoisotopic (exact) mass is 148 g/mol. The maximum absolute atomic E-state index is 2.20. The van der Waals surface area contributed by atoms with Crippen LogP contribution in [0.1, 0.15) is 5.56 Å². The van der Waals surface area contributed by atoms with Gasteiger partial charge in [0.15, 0.2) is 0 Å². The van der Waals surface area contributed by atoms with Crippen LogP contribution in [0.5, 0.6) is 0 Å². The highest BCUT2D eigenvalue weighted by atomic mass is 32.1. The van der Waals surface area contributed by atoms with Crippen LogP contribution in [-0.4, -0.2) is 0 Å². The van der Waals surface area contributed by atoms with E-state index in [1.54, 1.807) is 11.3 Å². The van der Waals surface area contributed by atoms with Crippen molar-refractivity contribution in [3.8, 4) is 0 Å². The van der Waals surface area contributed by atoms with Crippen LogP contribution < -0.4 is 0 Å². The van der Waals surface area contributed by atoms with Crippen molar-refractivity contribution >= 4 is 22.1 Å². The molecular formula is C9H8S. The Kier molecular flexibility index (Phi) is 1.24. The number of benzene rings is 1. The summed E-state index contributed by atoms with van der Waals surface area (Å²) in [7, 11) is 0. The molecule has 1 aromatic heterocycles. The molecule has 2 rings (SSSR count). The van der Waals surface area contributed by atoms with E-state index in [-0.39, 0.29) is 0 Å². The van der Waals surface area contributed by atoms with E-state index in [2.05, 4.69) is 35.9 Å². The van der Waals surface area contributed by atoms with Crippen LogP contribution in [0.2, 0.25) is 0 Å². The van der Waals surface area contributed by atoms with Gasteiger partial charge in [-0.05, 0) is 34.0 Å². The van der Waals surface area contributed by atoms with Gasteiger partial charge in [-0.1, -0.05) is 18.2 Å². The summed E-state index contributed by atoms with van der Waals surface area (Å²) >= 11 is 1.77. The van der Waals surface area contributed by atoms with Gasteiger partial charge >= 0.3 is 0 Å². The lowest BCUT2D eigenvalue weighted by Gasteiger charge is -1.91. The molecule has 0 aliphatic carbocycles. The normalized spacial score (nSPS) is 10.5. The summed E-state index contributed by atoms with van der Waals surface area (Å²) in [5, 5.41) is 7.14. The third kappa shape index (κ3) is 0.745. The molecule has 1 aromatic carbocycles. The van der Waals surface area contributed by atoms with Crippen LogP contribution in [-0.2, 0) is 0 Å². The summed E-state index contributed by atoms with van der Waals surface area (Å²) in [6, 6.07) is 6.40. The molecule has 0 atom stereocenters. The van der Waals surface area contributed by atoms with Crippen LogP contribution in [0.4, 0.5) is 0 Å². The van der Waals surface area contributed by atoms with Gasteiger partial charge < -0.3 is 0 Å². The molecule has 0 unspecified atom stereocenters. The zero-order chi connectivity index (χ0) is 6.97. The van der Waals surface area contributed by atoms with Gasteiger partial charge in [-0.2, -0.15) is 11.3 Å². The number of hydrogen-bond acceptors (Lipinski definition) is 1. The predicted molar refractivity (Wildman–Crippen MR) is 46.6 cm³/mol. The highest BCUT2D eigenvalue weighted by Crippen LogP contribution is 2.21. The van der Waals surface area contributed by atoms with Gasteiger partial charge in [0.25, 0.3) is 0 Å². The van der Waals surface area contributed by atoms with Gasteiger partial charge in [0.1, 0.15) is 0 Å². The molecule has 2 aromatic rings. The van der Waals surface area contributed by atoms with Crippen molar-refractivity contribution in [3.05, 3.63) is 34.5 Å². The molecule has 0 saturated heterocycles. The van der Waals surface area contributed by atoms with E-state index in [4.69, 9.17) is 0 Å². The van der Waals surface area contributed by atoms with Crippen LogP contribution in [0, 0.1) is 6.92 Å². The minimum absolute atomic E-state index is 1.37. The van der Waals surface area contributed by atoms with Gasteiger partial charge in [0.2, 0.25) is 0 Å². The van der Waals surface area contributed by atoms with E-state index in [1.807, 2.05) is 0 Å². The number of fused-ring (bicyclic) bond motifs is 1. The van der Waals surface area contributed by atoms with Crippen molar-refractivity contribution in [2.45, 2.75) is 6.92 Å². The van der Waals surface area contributed by atoms with E-state index >= 15 is 0 Å². The second-order valence-electron chi connectivity index (χ2n) is 2.45. The van der Waals surface area contributed by atoms with Crippen molar-refractivity contribution in [2.75, 3.05) is 0 Å². The molecule has 0 amide bonds. The van der Waals surface area contributed by atoms with Gasteiger partial charge in [0, 0.05) is 0 Å². The number of thiophene rings is 1. The van der Waals surface area contributed by atoms with Gasteiger partial charge in [-0.25, -0.2) is 0 Å². The Morgan fingerprint density at radius 3 is 2.90 bits per heavy atom. The van der Waals surface area contributed by atoms with E-state index < -0.39 is 0 Å². The average molecular weight is 148 g/mol. The van der Waals surface area contributed by atoms with Crippen LogP contribution >= 0.6 is 11.3 Å². The van der Waals surface area contributed by atoms with Gasteiger partial charge in [0.05, 0.1) is 0 Å². The molecule has 0 aliphatic heterocycles. The molecule has 0 nitrogen and oxygen atoms in total. The lowest BCUT2D eigenvalue weighted by molar-refractivity contribution is 1.55. The quantitative estimate of drug-likeness (QED) is 0.538. The van der Waals surface area contributed by atoms with Gasteiger partial charge in [-0.15, -0.1) is 0 Å². The minimum Gasteiger partial charge on any atom is -0.151 e. The zero-order valence-corrected chi connectivity index (χ0v) is 6.61. The van der Waals surface area contributed by atoms with Crippen molar-refractivity contribution in [1.82, 2.24) is 0 Å². The smallest absolute Gasteiger partial charge is 0.00118 e. The van der Waals surface area contributed by atoms with Crippen LogP contribution in [0.25, 0.3) is 10.8 Å². The summed E-state index contributed by atoms with van der Waals surface area (Å²) in [4.78, 5) is 0. The predicted octanol–water partition coefficient (Wildman–Crippen LogP) is 3.21. The summed E-state index contributed by atoms with van der Waals surface area (Å²) in [5.74, 6) is 0. The Bertz CT molecular complexity index is 346. The highest BCUT2D eigenvalue weighted by Gasteiger charge is 1.94. The maximum Gasteiger partial charge on any atom is -0.00118 e. The fourth-order valence-corrected chi connectivity index (χ4v) is 2.02. The second-order valence-corrected chi connectivity index (χ2v) is 3.19. The summed E-state index contributed by atoms with van der Waals surface area (Å²) in [6.45, 7) is 2.15. The fraction of sp³-hybridized carbons (Fsp3) is 0.111. The third-order valence-corrected chi connectivity index (χ3v) is 2.50. The largest absolute Gasteiger partial charge is 0.151 e. The first kappa shape index (κ1) is 5.93. The molecule has 0 aliphatic rings. The molecule has 0 N–H and O–H groups in total. The number of hydrogen-bond donors (Lipinski definition) is 0. The molecule has 1 heterocycles. The number of rotatable bonds is 0. The molecule has 50 valence electrons. The standard InChI is InChI=1S/C9H8S/c1-7-3-2-4-8-5-10-6-9(7)8/h2-6H,1H3. The third-order valence-electron chi connectivity index (χ3n) is 1.74. The first-order chi connectivity index (χ1) is 4.88. The van der Waals surface area contributed by atoms with Crippen molar-refractivity contribution in [2.24, 2.45) is 0 Å². The highest BCUT2D eigenvalue weighted by molar-refractivity contribution is 7.09. The molecule has 0 bridgehead atoms. The van der Waals surface area contributed by atoms with Crippen LogP contribution in [0.3, 0.4) is 0 Å². The summed E-state index contributed by atoms with van der Waals surface area (Å²) in [5.41, 5.74) is 1.37. The van der Waals surface area contributed by atoms with E-state index in [1.165, 1.54) is 16.3 Å². The Labute approximate surface area is 64.1 Å². The minimum atomic E-state index is 1.37. The zero-order valence-electron chi connectivity index (χ0n) is 5.79. The Hall–Kier alpha value is -0.820. The fourth-order valence-electron chi connectivity index (χ4n) is 1.14. The lowest BCUT2D eigenvalue weighted by Crippen LogP contribution is -1.69. The topological polar surface area (TPSA) is 0 Å². The molecule has 1 heteroatoms. The molecular weight excluding hydrogens is 140 g/mol. The van der Waals surface area contributed by atoms with E-state index in [9.17, 15) is 0 Å². The maximum atomic E-state index is 2.20. The van der Waals surface area contributed by atoms with E-state index in [0.717, 1.165) is 0 Å². The van der Waals surface area contributed by atoms with E-state index in [0.29, 0.717) is 0 Å². The second kappa shape index (κ2) is 2.10. The van der Waals surface area contributed by atoms with Crippen molar-refractivity contribution in [3.63, 3.8) is 0 Å². The van der Waals surface area contributed by atoms with Crippen LogP contribution in [0.15, 0.2) is 29.0 Å². The summed E-state index contributed by atoms with van der Waals surface area (Å²) < 4.78 is 0. The molecule has 0 saturated carbocycles. The average Bonchev–Trinajstić information content (AvgIpc) is 2.36. The molecule has 0 spiro atoms. The van der Waals surface area contributed by atoms with Gasteiger partial charge in [-0.3, -0.25) is 0 Å². The Morgan fingerprint density at radius 2 is 2.10 bits per heavy atom. The first-order valence-electron chi connectivity index (χ1n) is 3.29. The summed E-state index contributed by atoms with van der Waals surface area (Å²) in [6.07, 6.45) is 0.